The average Bonchev–Trinajstić information content (AvgIpc) is 2.17. The molecule has 1 aliphatic rings. The van der Waals surface area contributed by atoms with Gasteiger partial charge in [-0.25, -0.2) is 4.39 Å². The largest absolute Gasteiger partial charge is 0.351 e. The van der Waals surface area contributed by atoms with Crippen molar-refractivity contribution in [3.05, 3.63) is 0 Å². The molecule has 0 spiro atoms. The normalized spacial score (nSPS) is 34.2. The van der Waals surface area contributed by atoms with E-state index in [0.717, 1.165) is 0 Å². The minimum Gasteiger partial charge on any atom is -0.351 e. The van der Waals surface area contributed by atoms with Gasteiger partial charge in [-0.15, -0.1) is 0 Å². The highest BCUT2D eigenvalue weighted by Crippen LogP contribution is 2.24. The van der Waals surface area contributed by atoms with E-state index in [-0.39, 0.29) is 11.9 Å². The summed E-state index contributed by atoms with van der Waals surface area (Å²) >= 11 is 0. The monoisotopic (exact) mass is 117 g/mol. The maximum atomic E-state index is 11.9. The van der Waals surface area contributed by atoms with Crippen LogP contribution in [0.5, 0.6) is 0 Å². The van der Waals surface area contributed by atoms with Crippen molar-refractivity contribution >= 4 is 5.91 Å². The van der Waals surface area contributed by atoms with Crippen LogP contribution in [0, 0.1) is 0 Å². The molecule has 0 radical (unpaired) electrons. The first-order valence-electron chi connectivity index (χ1n) is 2.61. The van der Waals surface area contributed by atoms with Gasteiger partial charge >= 0.3 is 0 Å². The van der Waals surface area contributed by atoms with Gasteiger partial charge in [0.25, 0.3) is 0 Å². The second-order valence-electron chi connectivity index (χ2n) is 2.06. The Morgan fingerprint density at radius 3 is 2.50 bits per heavy atom. The molecule has 2 atom stereocenters. The number of nitrogens with one attached hydrogen (secondary N) is 1. The molecule has 1 aliphatic carbocycles. The van der Waals surface area contributed by atoms with E-state index in [9.17, 15) is 9.18 Å². The molecule has 0 aliphatic heterocycles. The third-order valence-electron chi connectivity index (χ3n) is 1.10. The number of carbonyl (C=O) groups excluding carboxylic acids is 1. The highest BCUT2D eigenvalue weighted by atomic mass is 19.1. The van der Waals surface area contributed by atoms with Crippen LogP contribution >= 0.6 is 0 Å². The van der Waals surface area contributed by atoms with Crippen molar-refractivity contribution in [2.45, 2.75) is 25.6 Å². The predicted molar refractivity (Wildman–Crippen MR) is 27.1 cm³/mol. The van der Waals surface area contributed by atoms with Gasteiger partial charge in [0.05, 0.1) is 6.04 Å². The van der Waals surface area contributed by atoms with Gasteiger partial charge in [0, 0.05) is 13.3 Å². The predicted octanol–water partition coefficient (Wildman–Crippen LogP) is 0.233. The summed E-state index contributed by atoms with van der Waals surface area (Å²) < 4.78 is 11.9. The number of rotatable bonds is 1. The molecule has 1 rings (SSSR count). The zero-order valence-corrected chi connectivity index (χ0v) is 4.65. The summed E-state index contributed by atoms with van der Waals surface area (Å²) in [5.41, 5.74) is 0. The van der Waals surface area contributed by atoms with E-state index in [2.05, 4.69) is 5.32 Å². The minimum absolute atomic E-state index is 0.143. The van der Waals surface area contributed by atoms with Crippen molar-refractivity contribution in [2.24, 2.45) is 0 Å². The number of alkyl halides is 1. The zero-order chi connectivity index (χ0) is 6.15. The van der Waals surface area contributed by atoms with Crippen LogP contribution in [0.4, 0.5) is 4.39 Å². The van der Waals surface area contributed by atoms with Crippen LogP contribution < -0.4 is 5.32 Å². The Labute approximate surface area is 47.1 Å². The molecule has 0 saturated heterocycles. The fourth-order valence-electron chi connectivity index (χ4n) is 0.574. The van der Waals surface area contributed by atoms with Crippen LogP contribution in [-0.2, 0) is 4.79 Å². The Balaban J connectivity index is 2.14. The van der Waals surface area contributed by atoms with Crippen LogP contribution in [0.1, 0.15) is 13.3 Å². The first kappa shape index (κ1) is 5.54. The minimum atomic E-state index is -0.779. The van der Waals surface area contributed by atoms with Gasteiger partial charge in [-0.2, -0.15) is 0 Å². The summed E-state index contributed by atoms with van der Waals surface area (Å²) in [4.78, 5) is 10.2. The Bertz CT molecular complexity index is 115. The van der Waals surface area contributed by atoms with Gasteiger partial charge in [-0.05, 0) is 0 Å². The summed E-state index contributed by atoms with van der Waals surface area (Å²) in [6.07, 6.45) is -0.279. The second kappa shape index (κ2) is 1.73. The van der Waals surface area contributed by atoms with Gasteiger partial charge < -0.3 is 5.32 Å². The van der Waals surface area contributed by atoms with Crippen molar-refractivity contribution in [3.8, 4) is 0 Å². The van der Waals surface area contributed by atoms with Crippen molar-refractivity contribution in [3.63, 3.8) is 0 Å². The summed E-state index contributed by atoms with van der Waals surface area (Å²) in [7, 11) is 0. The van der Waals surface area contributed by atoms with Gasteiger partial charge in [0.1, 0.15) is 6.17 Å². The molecular weight excluding hydrogens is 109 g/mol. The molecule has 8 heavy (non-hydrogen) atoms. The summed E-state index contributed by atoms with van der Waals surface area (Å²) in [6, 6.07) is -0.174. The maximum Gasteiger partial charge on any atom is 0.217 e. The van der Waals surface area contributed by atoms with Crippen molar-refractivity contribution < 1.29 is 9.18 Å². The molecule has 0 heterocycles. The molecular formula is C5H8FNO. The van der Waals surface area contributed by atoms with Crippen LogP contribution in [0.2, 0.25) is 0 Å². The standard InChI is InChI=1S/C5H8FNO/c1-3(8)7-5-2-4(5)6/h4-5H,2H2,1H3,(H,7,8)/t4-,5+/m1/s1. The molecule has 0 bridgehead atoms. The smallest absolute Gasteiger partial charge is 0.217 e. The lowest BCUT2D eigenvalue weighted by atomic mass is 10.6. The van der Waals surface area contributed by atoms with Crippen molar-refractivity contribution in [1.82, 2.24) is 5.32 Å². The van der Waals surface area contributed by atoms with Crippen LogP contribution in [0.25, 0.3) is 0 Å². The van der Waals surface area contributed by atoms with E-state index in [4.69, 9.17) is 0 Å². The van der Waals surface area contributed by atoms with Crippen LogP contribution in [-0.4, -0.2) is 18.1 Å². The molecule has 0 aromatic rings. The Kier molecular flexibility index (Phi) is 1.19. The van der Waals surface area contributed by atoms with E-state index in [1.165, 1.54) is 6.92 Å². The zero-order valence-electron chi connectivity index (χ0n) is 4.65. The quantitative estimate of drug-likeness (QED) is 0.523. The number of amides is 1. The summed E-state index contributed by atoms with van der Waals surface area (Å²) in [6.45, 7) is 1.39. The molecule has 3 heteroatoms. The highest BCUT2D eigenvalue weighted by Gasteiger charge is 2.37. The van der Waals surface area contributed by atoms with E-state index in [1.54, 1.807) is 0 Å². The fourth-order valence-corrected chi connectivity index (χ4v) is 0.574. The Morgan fingerprint density at radius 1 is 1.88 bits per heavy atom. The lowest BCUT2D eigenvalue weighted by Gasteiger charge is -1.92. The number of hydrogen-bond donors (Lipinski definition) is 1. The van der Waals surface area contributed by atoms with E-state index in [1.807, 2.05) is 0 Å². The average molecular weight is 117 g/mol. The SMILES string of the molecule is CC(=O)N[C@H]1C[C@H]1F. The summed E-state index contributed by atoms with van der Waals surface area (Å²) in [5, 5.41) is 2.45. The first-order valence-corrected chi connectivity index (χ1v) is 2.61. The molecule has 1 saturated carbocycles. The number of hydrogen-bond acceptors (Lipinski definition) is 1. The highest BCUT2D eigenvalue weighted by molar-refractivity contribution is 5.73. The van der Waals surface area contributed by atoms with E-state index >= 15 is 0 Å². The van der Waals surface area contributed by atoms with Crippen molar-refractivity contribution in [2.75, 3.05) is 0 Å². The molecule has 46 valence electrons. The van der Waals surface area contributed by atoms with Crippen LogP contribution in [0.3, 0.4) is 0 Å². The molecule has 0 unspecified atom stereocenters. The summed E-state index contributed by atoms with van der Waals surface area (Å²) in [5.74, 6) is -0.143. The topological polar surface area (TPSA) is 29.1 Å². The van der Waals surface area contributed by atoms with E-state index < -0.39 is 6.17 Å². The Hall–Kier alpha value is -0.600. The molecule has 1 N–H and O–H groups in total. The third kappa shape index (κ3) is 1.18. The van der Waals surface area contributed by atoms with Gasteiger partial charge in [0.15, 0.2) is 0 Å². The number of carbonyl (C=O) groups is 1. The third-order valence-corrected chi connectivity index (χ3v) is 1.10. The maximum absolute atomic E-state index is 11.9. The van der Waals surface area contributed by atoms with Gasteiger partial charge in [-0.3, -0.25) is 4.79 Å². The van der Waals surface area contributed by atoms with Crippen LogP contribution in [0.15, 0.2) is 0 Å². The second-order valence-corrected chi connectivity index (χ2v) is 2.06. The Morgan fingerprint density at radius 2 is 2.38 bits per heavy atom. The van der Waals surface area contributed by atoms with E-state index in [0.29, 0.717) is 6.42 Å². The van der Waals surface area contributed by atoms with Gasteiger partial charge in [-0.1, -0.05) is 0 Å². The molecule has 2 nitrogen and oxygen atoms in total. The molecule has 1 amide bonds. The molecule has 0 aromatic heterocycles. The lowest BCUT2D eigenvalue weighted by Crippen LogP contribution is -2.23. The first-order chi connectivity index (χ1) is 3.70. The molecule has 1 fully saturated rings. The van der Waals surface area contributed by atoms with Gasteiger partial charge in [0.2, 0.25) is 5.91 Å². The van der Waals surface area contributed by atoms with Crippen molar-refractivity contribution in [1.29, 1.82) is 0 Å². The molecule has 0 aromatic carbocycles. The fraction of sp³-hybridized carbons (Fsp3) is 0.800. The number of halogens is 1. The lowest BCUT2D eigenvalue weighted by molar-refractivity contribution is -0.119.